The average Bonchev–Trinajstić information content (AvgIpc) is 3.35. The van der Waals surface area contributed by atoms with Crippen LogP contribution in [0.1, 0.15) is 0 Å². The van der Waals surface area contributed by atoms with Gasteiger partial charge in [-0.25, -0.2) is 15.0 Å². The number of nitrogen functional groups attached to an aromatic ring is 1. The standard InChI is InChI=1S/C19H17N5OS/c1-24(2)15-11-12(7-8-21-15)16-17(13-5-3-9-25-13)22-19(20)23-18(16)14-6-4-10-26-14/h3-11H,1-2H3,(H2,20,22,23). The summed E-state index contributed by atoms with van der Waals surface area (Å²) in [5.41, 5.74) is 9.31. The number of furan rings is 1. The van der Waals surface area contributed by atoms with Crippen molar-refractivity contribution in [1.82, 2.24) is 15.0 Å². The lowest BCUT2D eigenvalue weighted by Gasteiger charge is -2.15. The summed E-state index contributed by atoms with van der Waals surface area (Å²) in [6.07, 6.45) is 3.41. The molecule has 0 bridgehead atoms. The molecule has 0 unspecified atom stereocenters. The van der Waals surface area contributed by atoms with Crippen molar-refractivity contribution in [1.29, 1.82) is 0 Å². The van der Waals surface area contributed by atoms with Crippen molar-refractivity contribution in [3.8, 4) is 33.2 Å². The predicted octanol–water partition coefficient (Wildman–Crippen LogP) is 4.18. The van der Waals surface area contributed by atoms with Crippen molar-refractivity contribution < 1.29 is 4.42 Å². The van der Waals surface area contributed by atoms with E-state index in [4.69, 9.17) is 10.2 Å². The summed E-state index contributed by atoms with van der Waals surface area (Å²) in [7, 11) is 3.92. The molecule has 0 saturated heterocycles. The van der Waals surface area contributed by atoms with Crippen molar-refractivity contribution in [2.24, 2.45) is 0 Å². The van der Waals surface area contributed by atoms with E-state index in [0.717, 1.165) is 27.5 Å². The van der Waals surface area contributed by atoms with Gasteiger partial charge in [-0.1, -0.05) is 6.07 Å². The first-order valence-corrected chi connectivity index (χ1v) is 8.90. The molecule has 4 aromatic heterocycles. The second-order valence-electron chi connectivity index (χ2n) is 5.91. The maximum atomic E-state index is 6.02. The number of nitrogens with two attached hydrogens (primary N) is 1. The number of aromatic nitrogens is 3. The van der Waals surface area contributed by atoms with Gasteiger partial charge in [0.25, 0.3) is 0 Å². The molecule has 0 spiro atoms. The van der Waals surface area contributed by atoms with Crippen molar-refractivity contribution in [2.45, 2.75) is 0 Å². The number of hydrogen-bond acceptors (Lipinski definition) is 7. The fraction of sp³-hybridized carbons (Fsp3) is 0.105. The van der Waals surface area contributed by atoms with Gasteiger partial charge >= 0.3 is 0 Å². The third-order valence-electron chi connectivity index (χ3n) is 3.93. The number of thiophene rings is 1. The SMILES string of the molecule is CN(C)c1cc(-c2c(-c3ccco3)nc(N)nc2-c2cccs2)ccn1. The highest BCUT2D eigenvalue weighted by Gasteiger charge is 2.21. The van der Waals surface area contributed by atoms with Gasteiger partial charge in [0.1, 0.15) is 11.5 Å². The molecule has 0 amide bonds. The van der Waals surface area contributed by atoms with E-state index >= 15 is 0 Å². The molecule has 2 N–H and O–H groups in total. The highest BCUT2D eigenvalue weighted by Crippen LogP contribution is 2.40. The highest BCUT2D eigenvalue weighted by molar-refractivity contribution is 7.13. The van der Waals surface area contributed by atoms with Crippen LogP contribution in [-0.2, 0) is 0 Å². The van der Waals surface area contributed by atoms with Gasteiger partial charge in [-0.15, -0.1) is 11.3 Å². The molecule has 130 valence electrons. The Hall–Kier alpha value is -3.19. The first-order chi connectivity index (χ1) is 12.6. The van der Waals surface area contributed by atoms with E-state index in [-0.39, 0.29) is 5.95 Å². The number of nitrogens with zero attached hydrogens (tertiary/aromatic N) is 4. The van der Waals surface area contributed by atoms with Gasteiger partial charge < -0.3 is 15.1 Å². The van der Waals surface area contributed by atoms with E-state index in [1.165, 1.54) is 0 Å². The summed E-state index contributed by atoms with van der Waals surface area (Å²) in [6, 6.07) is 11.7. The lowest BCUT2D eigenvalue weighted by Crippen LogP contribution is -2.10. The molecule has 0 fully saturated rings. The molecule has 0 aliphatic heterocycles. The van der Waals surface area contributed by atoms with Crippen LogP contribution in [0.25, 0.3) is 33.2 Å². The van der Waals surface area contributed by atoms with Gasteiger partial charge in [-0.3, -0.25) is 0 Å². The molecule has 0 saturated carbocycles. The van der Waals surface area contributed by atoms with Crippen molar-refractivity contribution >= 4 is 23.1 Å². The fourth-order valence-corrected chi connectivity index (χ4v) is 3.47. The molecular weight excluding hydrogens is 346 g/mol. The lowest BCUT2D eigenvalue weighted by atomic mass is 10.00. The van der Waals surface area contributed by atoms with Gasteiger partial charge in [0.2, 0.25) is 5.95 Å². The predicted molar refractivity (Wildman–Crippen MR) is 105 cm³/mol. The lowest BCUT2D eigenvalue weighted by molar-refractivity contribution is 0.580. The molecule has 4 heterocycles. The van der Waals surface area contributed by atoms with Crippen LogP contribution in [0, 0.1) is 0 Å². The van der Waals surface area contributed by atoms with Crippen LogP contribution < -0.4 is 10.6 Å². The Morgan fingerprint density at radius 2 is 1.92 bits per heavy atom. The van der Waals surface area contributed by atoms with E-state index in [1.54, 1.807) is 23.8 Å². The Balaban J connectivity index is 2.04. The minimum atomic E-state index is 0.213. The molecule has 0 atom stereocenters. The van der Waals surface area contributed by atoms with Gasteiger partial charge in [-0.2, -0.15) is 0 Å². The first-order valence-electron chi connectivity index (χ1n) is 8.02. The van der Waals surface area contributed by atoms with Gasteiger partial charge in [0.15, 0.2) is 5.76 Å². The Morgan fingerprint density at radius 1 is 1.08 bits per heavy atom. The Kier molecular flexibility index (Phi) is 4.14. The zero-order valence-corrected chi connectivity index (χ0v) is 15.2. The van der Waals surface area contributed by atoms with Crippen LogP contribution in [0.3, 0.4) is 0 Å². The van der Waals surface area contributed by atoms with E-state index in [9.17, 15) is 0 Å². The molecule has 4 rings (SSSR count). The van der Waals surface area contributed by atoms with Crippen LogP contribution in [0.15, 0.2) is 58.7 Å². The van der Waals surface area contributed by atoms with Crippen molar-refractivity contribution in [3.63, 3.8) is 0 Å². The van der Waals surface area contributed by atoms with Crippen molar-refractivity contribution in [3.05, 3.63) is 54.2 Å². The summed E-state index contributed by atoms with van der Waals surface area (Å²) in [6.45, 7) is 0. The average molecular weight is 363 g/mol. The summed E-state index contributed by atoms with van der Waals surface area (Å²) in [5, 5.41) is 2.02. The van der Waals surface area contributed by atoms with Gasteiger partial charge in [-0.05, 0) is 41.3 Å². The Morgan fingerprint density at radius 3 is 2.62 bits per heavy atom. The number of pyridine rings is 1. The molecule has 0 radical (unpaired) electrons. The van der Waals surface area contributed by atoms with E-state index in [2.05, 4.69) is 15.0 Å². The summed E-state index contributed by atoms with van der Waals surface area (Å²) in [4.78, 5) is 16.4. The molecule has 0 aliphatic rings. The number of anilines is 2. The fourth-order valence-electron chi connectivity index (χ4n) is 2.75. The number of rotatable bonds is 4. The smallest absolute Gasteiger partial charge is 0.221 e. The maximum Gasteiger partial charge on any atom is 0.221 e. The van der Waals surface area contributed by atoms with Gasteiger partial charge in [0.05, 0.1) is 16.8 Å². The summed E-state index contributed by atoms with van der Waals surface area (Å²) >= 11 is 1.61. The molecule has 26 heavy (non-hydrogen) atoms. The minimum Gasteiger partial charge on any atom is -0.463 e. The second kappa shape index (κ2) is 6.61. The van der Waals surface area contributed by atoms with Crippen LogP contribution >= 0.6 is 11.3 Å². The Bertz CT molecular complexity index is 971. The number of hydrogen-bond donors (Lipinski definition) is 1. The third kappa shape index (κ3) is 2.93. The molecule has 0 aromatic carbocycles. The monoisotopic (exact) mass is 363 g/mol. The zero-order chi connectivity index (χ0) is 18.1. The minimum absolute atomic E-state index is 0.213. The van der Waals surface area contributed by atoms with E-state index in [1.807, 2.05) is 60.8 Å². The topological polar surface area (TPSA) is 81.1 Å². The highest BCUT2D eigenvalue weighted by atomic mass is 32.1. The zero-order valence-electron chi connectivity index (χ0n) is 14.4. The molecular formula is C19H17N5OS. The summed E-state index contributed by atoms with van der Waals surface area (Å²) in [5.74, 6) is 1.71. The van der Waals surface area contributed by atoms with Crippen molar-refractivity contribution in [2.75, 3.05) is 24.7 Å². The quantitative estimate of drug-likeness (QED) is 0.586. The van der Waals surface area contributed by atoms with Crippen LogP contribution in [0.5, 0.6) is 0 Å². The maximum absolute atomic E-state index is 6.02. The second-order valence-corrected chi connectivity index (χ2v) is 6.85. The van der Waals surface area contributed by atoms with Gasteiger partial charge in [0, 0.05) is 25.9 Å². The third-order valence-corrected chi connectivity index (χ3v) is 4.80. The molecule has 7 heteroatoms. The molecule has 0 aliphatic carbocycles. The molecule has 6 nitrogen and oxygen atoms in total. The molecule has 4 aromatic rings. The Labute approximate surface area is 155 Å². The largest absolute Gasteiger partial charge is 0.463 e. The van der Waals surface area contributed by atoms with Crippen LogP contribution in [0.2, 0.25) is 0 Å². The van der Waals surface area contributed by atoms with Crippen LogP contribution in [-0.4, -0.2) is 29.0 Å². The van der Waals surface area contributed by atoms with Crippen LogP contribution in [0.4, 0.5) is 11.8 Å². The first kappa shape index (κ1) is 16.3. The summed E-state index contributed by atoms with van der Waals surface area (Å²) < 4.78 is 5.62. The van der Waals surface area contributed by atoms with E-state index < -0.39 is 0 Å². The van der Waals surface area contributed by atoms with E-state index in [0.29, 0.717) is 11.5 Å². The normalized spacial score (nSPS) is 10.8.